The lowest BCUT2D eigenvalue weighted by molar-refractivity contribution is -0.147. The van der Waals surface area contributed by atoms with E-state index in [9.17, 15) is 9.59 Å². The van der Waals surface area contributed by atoms with Gasteiger partial charge >= 0.3 is 5.97 Å². The quantitative estimate of drug-likeness (QED) is 0.659. The molecule has 1 fully saturated rings. The fraction of sp³-hybridized carbons (Fsp3) is 0.750. The number of carboxylic acid groups (broad SMARTS) is 1. The van der Waals surface area contributed by atoms with Crippen LogP contribution in [0.5, 0.6) is 0 Å². The Balaban J connectivity index is 2.41. The van der Waals surface area contributed by atoms with Gasteiger partial charge in [-0.15, -0.1) is 0 Å². The lowest BCUT2D eigenvalue weighted by Gasteiger charge is -2.18. The summed E-state index contributed by atoms with van der Waals surface area (Å²) in [5.74, 6) is -1.24. The van der Waals surface area contributed by atoms with Crippen molar-refractivity contribution in [2.45, 2.75) is 18.9 Å². The highest BCUT2D eigenvalue weighted by Gasteiger charge is 2.26. The van der Waals surface area contributed by atoms with Crippen LogP contribution in [0, 0.1) is 0 Å². The number of likely N-dealkylation sites (N-methyl/N-ethyl adjacent to an activating group) is 1. The van der Waals surface area contributed by atoms with E-state index >= 15 is 0 Å². The van der Waals surface area contributed by atoms with Crippen molar-refractivity contribution in [3.8, 4) is 0 Å². The molecule has 0 spiro atoms. The predicted octanol–water partition coefficient (Wildman–Crippen LogP) is -0.292. The zero-order valence-electron chi connectivity index (χ0n) is 7.52. The van der Waals surface area contributed by atoms with E-state index in [0.29, 0.717) is 13.0 Å². The number of hydrogen-bond donors (Lipinski definition) is 1. The van der Waals surface area contributed by atoms with Crippen molar-refractivity contribution >= 4 is 11.9 Å². The topological polar surface area (TPSA) is 66.8 Å². The van der Waals surface area contributed by atoms with Crippen LogP contribution in [0.1, 0.15) is 12.8 Å². The summed E-state index contributed by atoms with van der Waals surface area (Å²) in [5.41, 5.74) is 0. The van der Waals surface area contributed by atoms with E-state index in [4.69, 9.17) is 9.84 Å². The summed E-state index contributed by atoms with van der Waals surface area (Å²) in [6, 6.07) is 0. The first-order chi connectivity index (χ1) is 6.11. The maximum absolute atomic E-state index is 11.4. The number of ether oxygens (including phenoxy) is 1. The summed E-state index contributed by atoms with van der Waals surface area (Å²) in [7, 11) is 1.47. The molecular formula is C8H13NO4. The van der Waals surface area contributed by atoms with E-state index < -0.39 is 12.1 Å². The van der Waals surface area contributed by atoms with Crippen molar-refractivity contribution in [2.24, 2.45) is 0 Å². The smallest absolute Gasteiger partial charge is 0.323 e. The maximum atomic E-state index is 11.4. The van der Waals surface area contributed by atoms with Crippen LogP contribution in [0.25, 0.3) is 0 Å². The van der Waals surface area contributed by atoms with Gasteiger partial charge in [0.05, 0.1) is 0 Å². The summed E-state index contributed by atoms with van der Waals surface area (Å²) in [6.07, 6.45) is 1.14. The Morgan fingerprint density at radius 2 is 2.31 bits per heavy atom. The van der Waals surface area contributed by atoms with Crippen molar-refractivity contribution in [2.75, 3.05) is 20.2 Å². The van der Waals surface area contributed by atoms with Gasteiger partial charge in [-0.2, -0.15) is 0 Å². The SMILES string of the molecule is CN(CC(=O)O)C(=O)C1CCCO1. The van der Waals surface area contributed by atoms with E-state index in [1.54, 1.807) is 0 Å². The maximum Gasteiger partial charge on any atom is 0.323 e. The van der Waals surface area contributed by atoms with Crippen molar-refractivity contribution < 1.29 is 19.4 Å². The third kappa shape index (κ3) is 2.69. The number of hydrogen-bond acceptors (Lipinski definition) is 3. The van der Waals surface area contributed by atoms with Crippen molar-refractivity contribution in [1.29, 1.82) is 0 Å². The molecule has 1 N–H and O–H groups in total. The number of nitrogens with zero attached hydrogens (tertiary/aromatic N) is 1. The average Bonchev–Trinajstić information content (AvgIpc) is 2.53. The minimum atomic E-state index is -1.01. The van der Waals surface area contributed by atoms with Crippen LogP contribution in [-0.2, 0) is 14.3 Å². The molecule has 74 valence electrons. The van der Waals surface area contributed by atoms with Crippen LogP contribution >= 0.6 is 0 Å². The second-order valence-corrected chi connectivity index (χ2v) is 3.09. The molecule has 1 aliphatic rings. The summed E-state index contributed by atoms with van der Waals surface area (Å²) in [4.78, 5) is 22.9. The fourth-order valence-electron chi connectivity index (χ4n) is 1.30. The van der Waals surface area contributed by atoms with Crippen molar-refractivity contribution in [3.05, 3.63) is 0 Å². The number of rotatable bonds is 3. The standard InChI is InChI=1S/C8H13NO4/c1-9(5-7(10)11)8(12)6-3-2-4-13-6/h6H,2-5H2,1H3,(H,10,11). The molecule has 5 nitrogen and oxygen atoms in total. The van der Waals surface area contributed by atoms with Crippen molar-refractivity contribution in [3.63, 3.8) is 0 Å². The van der Waals surface area contributed by atoms with Crippen LogP contribution in [0.2, 0.25) is 0 Å². The van der Waals surface area contributed by atoms with E-state index in [1.165, 1.54) is 11.9 Å². The molecule has 0 aliphatic carbocycles. The minimum Gasteiger partial charge on any atom is -0.480 e. The molecule has 0 radical (unpaired) electrons. The summed E-state index contributed by atoms with van der Waals surface area (Å²) in [5, 5.41) is 8.44. The molecular weight excluding hydrogens is 174 g/mol. The van der Waals surface area contributed by atoms with Gasteiger partial charge in [-0.3, -0.25) is 9.59 Å². The Bertz CT molecular complexity index is 210. The van der Waals surface area contributed by atoms with E-state index in [2.05, 4.69) is 0 Å². The first-order valence-electron chi connectivity index (χ1n) is 4.19. The highest BCUT2D eigenvalue weighted by atomic mass is 16.5. The normalized spacial score (nSPS) is 21.5. The molecule has 0 aromatic carbocycles. The molecule has 0 saturated carbocycles. The molecule has 0 bridgehead atoms. The van der Waals surface area contributed by atoms with E-state index in [1.807, 2.05) is 0 Å². The van der Waals surface area contributed by atoms with Crippen LogP contribution < -0.4 is 0 Å². The highest BCUT2D eigenvalue weighted by molar-refractivity contribution is 5.84. The number of carboxylic acids is 1. The Hall–Kier alpha value is -1.10. The lowest BCUT2D eigenvalue weighted by atomic mass is 10.2. The predicted molar refractivity (Wildman–Crippen MR) is 44.2 cm³/mol. The Labute approximate surface area is 76.3 Å². The van der Waals surface area contributed by atoms with Gasteiger partial charge in [-0.05, 0) is 12.8 Å². The molecule has 1 amide bonds. The minimum absolute atomic E-state index is 0.236. The number of amides is 1. The molecule has 1 saturated heterocycles. The summed E-state index contributed by atoms with van der Waals surface area (Å²) >= 11 is 0. The van der Waals surface area contributed by atoms with Crippen LogP contribution in [-0.4, -0.2) is 48.2 Å². The first-order valence-corrected chi connectivity index (χ1v) is 4.19. The van der Waals surface area contributed by atoms with Gasteiger partial charge in [0, 0.05) is 13.7 Å². The molecule has 1 unspecified atom stereocenters. The van der Waals surface area contributed by atoms with Gasteiger partial charge in [0.1, 0.15) is 12.6 Å². The second kappa shape index (κ2) is 4.23. The largest absolute Gasteiger partial charge is 0.480 e. The average molecular weight is 187 g/mol. The zero-order chi connectivity index (χ0) is 9.84. The van der Waals surface area contributed by atoms with E-state index in [0.717, 1.165) is 6.42 Å². The van der Waals surface area contributed by atoms with Gasteiger partial charge in [0.15, 0.2) is 0 Å². The Kier molecular flexibility index (Phi) is 3.25. The molecule has 1 aliphatic heterocycles. The molecule has 0 aromatic rings. The van der Waals surface area contributed by atoms with Gasteiger partial charge in [0.2, 0.25) is 0 Å². The van der Waals surface area contributed by atoms with Crippen molar-refractivity contribution in [1.82, 2.24) is 4.90 Å². The molecule has 1 atom stereocenters. The highest BCUT2D eigenvalue weighted by Crippen LogP contribution is 2.13. The van der Waals surface area contributed by atoms with E-state index in [-0.39, 0.29) is 12.5 Å². The molecule has 13 heavy (non-hydrogen) atoms. The third-order valence-electron chi connectivity index (χ3n) is 1.95. The molecule has 1 rings (SSSR count). The molecule has 1 heterocycles. The van der Waals surface area contributed by atoms with Crippen LogP contribution in [0.3, 0.4) is 0 Å². The summed E-state index contributed by atoms with van der Waals surface area (Å²) in [6.45, 7) is 0.329. The Morgan fingerprint density at radius 3 is 2.77 bits per heavy atom. The zero-order valence-corrected chi connectivity index (χ0v) is 7.52. The Morgan fingerprint density at radius 1 is 1.62 bits per heavy atom. The summed E-state index contributed by atoms with van der Waals surface area (Å²) < 4.78 is 5.13. The van der Waals surface area contributed by atoms with Crippen LogP contribution in [0.15, 0.2) is 0 Å². The monoisotopic (exact) mass is 187 g/mol. The fourth-order valence-corrected chi connectivity index (χ4v) is 1.30. The number of carbonyl (C=O) groups excluding carboxylic acids is 1. The molecule has 0 aromatic heterocycles. The third-order valence-corrected chi connectivity index (χ3v) is 1.95. The van der Waals surface area contributed by atoms with Gasteiger partial charge in [0.25, 0.3) is 5.91 Å². The molecule has 5 heteroatoms. The van der Waals surface area contributed by atoms with Gasteiger partial charge < -0.3 is 14.7 Å². The lowest BCUT2D eigenvalue weighted by Crippen LogP contribution is -2.39. The second-order valence-electron chi connectivity index (χ2n) is 3.09. The number of carbonyl (C=O) groups is 2. The first kappa shape index (κ1) is 9.98. The van der Waals surface area contributed by atoms with Gasteiger partial charge in [-0.1, -0.05) is 0 Å². The van der Waals surface area contributed by atoms with Crippen LogP contribution in [0.4, 0.5) is 0 Å². The van der Waals surface area contributed by atoms with Gasteiger partial charge in [-0.25, -0.2) is 0 Å². The number of aliphatic carboxylic acids is 1.